The molecule has 0 saturated heterocycles. The van der Waals surface area contributed by atoms with Crippen LogP contribution in [0.1, 0.15) is 27.1 Å². The summed E-state index contributed by atoms with van der Waals surface area (Å²) in [6.45, 7) is 0.568. The van der Waals surface area contributed by atoms with E-state index < -0.39 is 47.3 Å². The first-order chi connectivity index (χ1) is 17.0. The van der Waals surface area contributed by atoms with Crippen LogP contribution >= 0.6 is 0 Å². The zero-order valence-electron chi connectivity index (χ0n) is 18.7. The van der Waals surface area contributed by atoms with Gasteiger partial charge in [-0.15, -0.1) is 0 Å². The Morgan fingerprint density at radius 3 is 1.64 bits per heavy atom. The fourth-order valence-corrected chi connectivity index (χ4v) is 3.04. The van der Waals surface area contributed by atoms with Gasteiger partial charge < -0.3 is 35.5 Å². The van der Waals surface area contributed by atoms with Crippen LogP contribution in [0.15, 0.2) is 36.4 Å². The quantitative estimate of drug-likeness (QED) is 0.0718. The summed E-state index contributed by atoms with van der Waals surface area (Å²) < 4.78 is 5.33. The van der Waals surface area contributed by atoms with Crippen LogP contribution < -0.4 is 21.6 Å². The van der Waals surface area contributed by atoms with Gasteiger partial charge >= 0.3 is 14.2 Å². The molecule has 2 aromatic carbocycles. The van der Waals surface area contributed by atoms with Gasteiger partial charge in [0, 0.05) is 43.0 Å². The number of nitro benzene ring substituents is 2. The van der Waals surface area contributed by atoms with Gasteiger partial charge in [0.2, 0.25) is 0 Å². The molecule has 0 atom stereocenters. The largest absolute Gasteiger partial charge is 0.495 e. The van der Waals surface area contributed by atoms with Crippen molar-refractivity contribution >= 4 is 48.4 Å². The summed E-state index contributed by atoms with van der Waals surface area (Å²) in [6, 6.07) is 6.47. The zero-order valence-corrected chi connectivity index (χ0v) is 18.7. The topological polar surface area (TPSA) is 235 Å². The molecule has 2 aromatic rings. The van der Waals surface area contributed by atoms with Crippen molar-refractivity contribution < 1.29 is 44.3 Å². The Labute approximate surface area is 204 Å². The Morgan fingerprint density at radius 1 is 0.778 bits per heavy atom. The number of nitrogens with zero attached hydrogens (tertiary/aromatic N) is 2. The maximum absolute atomic E-state index is 12.2. The first-order valence-corrected chi connectivity index (χ1v) is 10.5. The lowest BCUT2D eigenvalue weighted by Gasteiger charge is -2.09. The molecule has 0 aliphatic carbocycles. The average molecular weight is 504 g/mol. The van der Waals surface area contributed by atoms with E-state index in [0.29, 0.717) is 6.42 Å². The van der Waals surface area contributed by atoms with Crippen molar-refractivity contribution in [3.63, 3.8) is 0 Å². The molecular weight excluding hydrogens is 482 g/mol. The lowest BCUT2D eigenvalue weighted by atomic mass is 9.78. The first-order valence-electron chi connectivity index (χ1n) is 10.5. The Bertz CT molecular complexity index is 1040. The highest BCUT2D eigenvalue weighted by Gasteiger charge is 2.26. The lowest BCUT2D eigenvalue weighted by molar-refractivity contribution is -0.383. The molecule has 0 saturated carbocycles. The zero-order chi connectivity index (χ0) is 26.8. The van der Waals surface area contributed by atoms with Crippen LogP contribution in [0.5, 0.6) is 0 Å². The van der Waals surface area contributed by atoms with Gasteiger partial charge in [-0.2, -0.15) is 0 Å². The highest BCUT2D eigenvalue weighted by Crippen LogP contribution is 2.13. The van der Waals surface area contributed by atoms with Gasteiger partial charge in [-0.3, -0.25) is 29.8 Å². The third-order valence-corrected chi connectivity index (χ3v) is 4.82. The Morgan fingerprint density at radius 2 is 1.22 bits per heavy atom. The summed E-state index contributed by atoms with van der Waals surface area (Å²) in [5.41, 5.74) is -1.96. The minimum atomic E-state index is -2.06. The van der Waals surface area contributed by atoms with Crippen molar-refractivity contribution in [1.29, 1.82) is 0 Å². The SMILES string of the molecule is O=C(NCCCOCCNC(=O)c1ccc(B(O)O)c([N+](=O)[O-])c1)c1ccc(B(O)O)c([N+](=O)[O-])c1. The number of ether oxygens (including phenoxy) is 1. The molecule has 0 radical (unpaired) electrons. The monoisotopic (exact) mass is 504 g/mol. The minimum Gasteiger partial charge on any atom is -0.423 e. The molecule has 0 aromatic heterocycles. The van der Waals surface area contributed by atoms with Crippen LogP contribution in [-0.4, -0.2) is 82.3 Å². The second-order valence-corrected chi connectivity index (χ2v) is 7.29. The van der Waals surface area contributed by atoms with Crippen LogP contribution in [0.4, 0.5) is 11.4 Å². The molecule has 0 heterocycles. The molecule has 6 N–H and O–H groups in total. The number of hydrogen-bond donors (Lipinski definition) is 6. The highest BCUT2D eigenvalue weighted by molar-refractivity contribution is 6.60. The van der Waals surface area contributed by atoms with E-state index >= 15 is 0 Å². The van der Waals surface area contributed by atoms with E-state index in [1.807, 2.05) is 0 Å². The van der Waals surface area contributed by atoms with Crippen molar-refractivity contribution in [2.45, 2.75) is 6.42 Å². The van der Waals surface area contributed by atoms with E-state index in [1.54, 1.807) is 0 Å². The van der Waals surface area contributed by atoms with Crippen molar-refractivity contribution in [3.8, 4) is 0 Å². The number of nitro groups is 2. The molecule has 2 amide bonds. The molecule has 0 bridgehead atoms. The molecule has 2 rings (SSSR count). The predicted octanol–water partition coefficient (Wildman–Crippen LogP) is -2.57. The second kappa shape index (κ2) is 13.3. The number of benzene rings is 2. The fourth-order valence-electron chi connectivity index (χ4n) is 3.04. The van der Waals surface area contributed by atoms with Gasteiger partial charge in [0.15, 0.2) is 0 Å². The molecule has 0 unspecified atom stereocenters. The van der Waals surface area contributed by atoms with Gasteiger partial charge in [-0.25, -0.2) is 0 Å². The molecule has 0 spiro atoms. The molecule has 190 valence electrons. The third kappa shape index (κ3) is 7.82. The fraction of sp³-hybridized carbons (Fsp3) is 0.263. The number of amides is 2. The predicted molar refractivity (Wildman–Crippen MR) is 126 cm³/mol. The van der Waals surface area contributed by atoms with Crippen molar-refractivity contribution in [2.24, 2.45) is 0 Å². The molecule has 0 aliphatic heterocycles. The Kier molecular flexibility index (Phi) is 10.4. The smallest absolute Gasteiger partial charge is 0.423 e. The first kappa shape index (κ1) is 28.3. The number of nitrogens with one attached hydrogen (secondary N) is 2. The van der Waals surface area contributed by atoms with Crippen molar-refractivity contribution in [3.05, 3.63) is 67.8 Å². The van der Waals surface area contributed by atoms with Crippen molar-refractivity contribution in [1.82, 2.24) is 10.6 Å². The van der Waals surface area contributed by atoms with E-state index in [1.165, 1.54) is 12.1 Å². The maximum atomic E-state index is 12.2. The molecule has 36 heavy (non-hydrogen) atoms. The molecular formula is C19H22B2N4O11. The number of carbonyl (C=O) groups excluding carboxylic acids is 2. The number of hydrogen-bond acceptors (Lipinski definition) is 11. The normalized spacial score (nSPS) is 10.4. The van der Waals surface area contributed by atoms with E-state index in [4.69, 9.17) is 24.8 Å². The third-order valence-electron chi connectivity index (χ3n) is 4.82. The van der Waals surface area contributed by atoms with E-state index in [-0.39, 0.29) is 48.4 Å². The molecule has 0 fully saturated rings. The van der Waals surface area contributed by atoms with Gasteiger partial charge in [-0.05, 0) is 18.6 Å². The van der Waals surface area contributed by atoms with Gasteiger partial charge in [0.05, 0.1) is 27.4 Å². The summed E-state index contributed by atoms with van der Waals surface area (Å²) >= 11 is 0. The molecule has 0 aliphatic rings. The molecule has 17 heteroatoms. The number of rotatable bonds is 13. The van der Waals surface area contributed by atoms with E-state index in [2.05, 4.69) is 10.6 Å². The van der Waals surface area contributed by atoms with Gasteiger partial charge in [-0.1, -0.05) is 12.1 Å². The average Bonchev–Trinajstić information content (AvgIpc) is 2.84. The maximum Gasteiger partial charge on any atom is 0.495 e. The molecule has 15 nitrogen and oxygen atoms in total. The lowest BCUT2D eigenvalue weighted by Crippen LogP contribution is -2.33. The summed E-state index contributed by atoms with van der Waals surface area (Å²) in [5.74, 6) is -1.22. The Hall–Kier alpha value is -3.89. The van der Waals surface area contributed by atoms with Crippen LogP contribution in [-0.2, 0) is 4.74 Å². The van der Waals surface area contributed by atoms with Gasteiger partial charge in [0.25, 0.3) is 23.2 Å². The second-order valence-electron chi connectivity index (χ2n) is 7.29. The van der Waals surface area contributed by atoms with Crippen molar-refractivity contribution in [2.75, 3.05) is 26.3 Å². The van der Waals surface area contributed by atoms with Gasteiger partial charge in [0.1, 0.15) is 0 Å². The summed E-state index contributed by atoms with van der Waals surface area (Å²) in [4.78, 5) is 44.7. The van der Waals surface area contributed by atoms with E-state index in [0.717, 1.165) is 24.3 Å². The summed E-state index contributed by atoms with van der Waals surface area (Å²) in [7, 11) is -4.11. The van der Waals surface area contributed by atoms with E-state index in [9.17, 15) is 29.8 Å². The van der Waals surface area contributed by atoms with Crippen LogP contribution in [0.3, 0.4) is 0 Å². The standard InChI is InChI=1S/C19H22B2N4O11/c26-18(12-2-4-14(20(28)29)16(10-12)24(32)33)22-6-1-8-36-9-7-23-19(27)13-3-5-15(21(30)31)17(11-13)25(34)35/h2-5,10-11,28-31H,1,6-9H2,(H,22,26)(H,23,27). The van der Waals surface area contributed by atoms with Crippen LogP contribution in [0.25, 0.3) is 0 Å². The van der Waals surface area contributed by atoms with Crippen LogP contribution in [0.2, 0.25) is 0 Å². The highest BCUT2D eigenvalue weighted by atomic mass is 16.6. The Balaban J connectivity index is 1.71. The van der Waals surface area contributed by atoms with Crippen LogP contribution in [0, 0.1) is 20.2 Å². The summed E-state index contributed by atoms with van der Waals surface area (Å²) in [6.07, 6.45) is 0.381. The summed E-state index contributed by atoms with van der Waals surface area (Å²) in [5, 5.41) is 63.8. The minimum absolute atomic E-state index is 0.0310. The number of carbonyl (C=O) groups is 2.